The Bertz CT molecular complexity index is 807. The number of ether oxygens (including phenoxy) is 1. The standard InChI is InChI=1S/C24H31N3O2/c1-3-4-5-9-16-22(28)29-18-17-27-24(21-15-11-10-12-19(21)2)23(25-26-27)20-13-7-6-8-14-20/h6-8,10-15,23-24H,3-5,9,16-18H2,1-2H3. The monoisotopic (exact) mass is 393 g/mol. The van der Waals surface area contributed by atoms with Gasteiger partial charge in [0.15, 0.2) is 0 Å². The lowest BCUT2D eigenvalue weighted by Crippen LogP contribution is -2.28. The van der Waals surface area contributed by atoms with Crippen LogP contribution in [-0.4, -0.2) is 24.1 Å². The highest BCUT2D eigenvalue weighted by atomic mass is 16.5. The maximum atomic E-state index is 12.0. The van der Waals surface area contributed by atoms with Gasteiger partial charge in [-0.1, -0.05) is 86.0 Å². The van der Waals surface area contributed by atoms with Gasteiger partial charge in [-0.25, -0.2) is 0 Å². The molecule has 0 fully saturated rings. The average molecular weight is 394 g/mol. The van der Waals surface area contributed by atoms with Crippen LogP contribution in [0.2, 0.25) is 0 Å². The zero-order valence-electron chi connectivity index (χ0n) is 17.5. The lowest BCUT2D eigenvalue weighted by atomic mass is 9.91. The Morgan fingerprint density at radius 1 is 1.03 bits per heavy atom. The van der Waals surface area contributed by atoms with Crippen LogP contribution < -0.4 is 0 Å². The molecule has 2 atom stereocenters. The van der Waals surface area contributed by atoms with Crippen molar-refractivity contribution >= 4 is 5.97 Å². The molecule has 5 nitrogen and oxygen atoms in total. The summed E-state index contributed by atoms with van der Waals surface area (Å²) in [6.07, 6.45) is 4.81. The second kappa shape index (κ2) is 10.7. The first-order chi connectivity index (χ1) is 14.2. The Morgan fingerprint density at radius 2 is 1.79 bits per heavy atom. The topological polar surface area (TPSA) is 54.3 Å². The van der Waals surface area contributed by atoms with E-state index < -0.39 is 0 Å². The minimum Gasteiger partial charge on any atom is -0.464 e. The van der Waals surface area contributed by atoms with Crippen molar-refractivity contribution in [3.05, 3.63) is 71.3 Å². The number of carbonyl (C=O) groups excluding carboxylic acids is 1. The highest BCUT2D eigenvalue weighted by molar-refractivity contribution is 5.69. The number of nitrogens with zero attached hydrogens (tertiary/aromatic N) is 3. The van der Waals surface area contributed by atoms with Crippen molar-refractivity contribution in [2.75, 3.05) is 13.2 Å². The van der Waals surface area contributed by atoms with E-state index in [0.717, 1.165) is 24.8 Å². The van der Waals surface area contributed by atoms with Gasteiger partial charge in [0.25, 0.3) is 0 Å². The predicted molar refractivity (Wildman–Crippen MR) is 114 cm³/mol. The van der Waals surface area contributed by atoms with E-state index in [2.05, 4.69) is 54.5 Å². The van der Waals surface area contributed by atoms with Crippen LogP contribution in [0.4, 0.5) is 0 Å². The first-order valence-corrected chi connectivity index (χ1v) is 10.6. The lowest BCUT2D eigenvalue weighted by molar-refractivity contribution is -0.144. The number of unbranched alkanes of at least 4 members (excludes halogenated alkanes) is 3. The zero-order chi connectivity index (χ0) is 20.5. The number of carbonyl (C=O) groups is 1. The van der Waals surface area contributed by atoms with E-state index in [1.54, 1.807) is 0 Å². The van der Waals surface area contributed by atoms with Crippen LogP contribution in [0.3, 0.4) is 0 Å². The molecule has 154 valence electrons. The van der Waals surface area contributed by atoms with Crippen LogP contribution in [-0.2, 0) is 9.53 Å². The van der Waals surface area contributed by atoms with Gasteiger partial charge in [0.2, 0.25) is 0 Å². The fraction of sp³-hybridized carbons (Fsp3) is 0.458. The van der Waals surface area contributed by atoms with Crippen molar-refractivity contribution in [2.24, 2.45) is 10.3 Å². The van der Waals surface area contributed by atoms with Crippen LogP contribution in [0.15, 0.2) is 64.9 Å². The Balaban J connectivity index is 1.64. The molecule has 3 rings (SSSR count). The van der Waals surface area contributed by atoms with Crippen LogP contribution >= 0.6 is 0 Å². The minimum absolute atomic E-state index is 0.00172. The predicted octanol–water partition coefficient (Wildman–Crippen LogP) is 5.97. The van der Waals surface area contributed by atoms with Crippen molar-refractivity contribution in [1.82, 2.24) is 5.01 Å². The van der Waals surface area contributed by atoms with Crippen molar-refractivity contribution in [3.8, 4) is 0 Å². The third-order valence-corrected chi connectivity index (χ3v) is 5.38. The Kier molecular flexibility index (Phi) is 7.79. The molecule has 5 heteroatoms. The fourth-order valence-corrected chi connectivity index (χ4v) is 3.76. The van der Waals surface area contributed by atoms with Crippen molar-refractivity contribution in [3.63, 3.8) is 0 Å². The molecule has 0 aromatic heterocycles. The Morgan fingerprint density at radius 3 is 2.55 bits per heavy atom. The van der Waals surface area contributed by atoms with E-state index >= 15 is 0 Å². The summed E-state index contributed by atoms with van der Waals surface area (Å²) in [4.78, 5) is 12.0. The minimum atomic E-state index is -0.121. The van der Waals surface area contributed by atoms with Gasteiger partial charge in [0, 0.05) is 6.42 Å². The number of esters is 1. The van der Waals surface area contributed by atoms with E-state index in [-0.39, 0.29) is 18.1 Å². The summed E-state index contributed by atoms with van der Waals surface area (Å²) in [5.41, 5.74) is 3.56. The quantitative estimate of drug-likeness (QED) is 0.369. The SMILES string of the molecule is CCCCCCC(=O)OCCN1N=NC(c2ccccc2)C1c1ccccc1C. The van der Waals surface area contributed by atoms with Gasteiger partial charge in [-0.05, 0) is 30.0 Å². The summed E-state index contributed by atoms with van der Waals surface area (Å²) in [6, 6.07) is 18.5. The van der Waals surface area contributed by atoms with Crippen LogP contribution in [0.1, 0.15) is 67.8 Å². The van der Waals surface area contributed by atoms with Gasteiger partial charge >= 0.3 is 5.97 Å². The van der Waals surface area contributed by atoms with Crippen molar-refractivity contribution in [1.29, 1.82) is 0 Å². The molecule has 1 heterocycles. The molecule has 0 aliphatic carbocycles. The van der Waals surface area contributed by atoms with E-state index in [9.17, 15) is 4.79 Å². The van der Waals surface area contributed by atoms with E-state index in [1.807, 2.05) is 29.3 Å². The van der Waals surface area contributed by atoms with Gasteiger partial charge < -0.3 is 4.74 Å². The van der Waals surface area contributed by atoms with Crippen molar-refractivity contribution < 1.29 is 9.53 Å². The van der Waals surface area contributed by atoms with E-state index in [0.29, 0.717) is 19.6 Å². The largest absolute Gasteiger partial charge is 0.464 e. The van der Waals surface area contributed by atoms with Gasteiger partial charge in [-0.3, -0.25) is 9.80 Å². The molecule has 1 aliphatic rings. The third kappa shape index (κ3) is 5.66. The molecule has 0 saturated heterocycles. The van der Waals surface area contributed by atoms with Gasteiger partial charge in [0.05, 0.1) is 6.54 Å². The fourth-order valence-electron chi connectivity index (χ4n) is 3.76. The highest BCUT2D eigenvalue weighted by Gasteiger charge is 2.35. The second-order valence-corrected chi connectivity index (χ2v) is 7.56. The summed E-state index contributed by atoms with van der Waals surface area (Å²) in [6.45, 7) is 5.14. The summed E-state index contributed by atoms with van der Waals surface area (Å²) in [5, 5.41) is 11.0. The van der Waals surface area contributed by atoms with Gasteiger partial charge in [-0.15, -0.1) is 0 Å². The first kappa shape index (κ1) is 21.0. The molecule has 0 spiro atoms. The van der Waals surface area contributed by atoms with E-state index in [1.165, 1.54) is 17.5 Å². The third-order valence-electron chi connectivity index (χ3n) is 5.38. The van der Waals surface area contributed by atoms with Crippen LogP contribution in [0, 0.1) is 6.92 Å². The zero-order valence-corrected chi connectivity index (χ0v) is 17.5. The average Bonchev–Trinajstić information content (AvgIpc) is 3.16. The number of hydrogen-bond donors (Lipinski definition) is 0. The summed E-state index contributed by atoms with van der Waals surface area (Å²) in [5.74, 6) is -0.121. The summed E-state index contributed by atoms with van der Waals surface area (Å²) in [7, 11) is 0. The smallest absolute Gasteiger partial charge is 0.305 e. The molecular weight excluding hydrogens is 362 g/mol. The molecule has 2 unspecified atom stereocenters. The first-order valence-electron chi connectivity index (χ1n) is 10.6. The van der Waals surface area contributed by atoms with Crippen molar-refractivity contribution in [2.45, 2.75) is 58.0 Å². The molecule has 1 aliphatic heterocycles. The Hall–Kier alpha value is -2.69. The number of hydrogen-bond acceptors (Lipinski definition) is 5. The van der Waals surface area contributed by atoms with Crippen LogP contribution in [0.5, 0.6) is 0 Å². The molecule has 0 saturated carbocycles. The molecule has 2 aromatic rings. The van der Waals surface area contributed by atoms with Gasteiger partial charge in [0.1, 0.15) is 18.7 Å². The number of benzene rings is 2. The number of rotatable bonds is 10. The molecule has 0 N–H and O–H groups in total. The maximum Gasteiger partial charge on any atom is 0.305 e. The summed E-state index contributed by atoms with van der Waals surface area (Å²) >= 11 is 0. The molecular formula is C24H31N3O2. The molecule has 0 amide bonds. The number of aryl methyl sites for hydroxylation is 1. The molecule has 2 aromatic carbocycles. The second-order valence-electron chi connectivity index (χ2n) is 7.56. The normalized spacial score (nSPS) is 18.2. The van der Waals surface area contributed by atoms with Crippen LogP contribution in [0.25, 0.3) is 0 Å². The maximum absolute atomic E-state index is 12.0. The molecule has 0 radical (unpaired) electrons. The summed E-state index contributed by atoms with van der Waals surface area (Å²) < 4.78 is 5.46. The Labute approximate surface area is 173 Å². The molecule has 29 heavy (non-hydrogen) atoms. The highest BCUT2D eigenvalue weighted by Crippen LogP contribution is 2.42. The van der Waals surface area contributed by atoms with E-state index in [4.69, 9.17) is 4.74 Å². The van der Waals surface area contributed by atoms with Gasteiger partial charge in [-0.2, -0.15) is 5.11 Å². The molecule has 0 bridgehead atoms. The lowest BCUT2D eigenvalue weighted by Gasteiger charge is -2.27.